The van der Waals surface area contributed by atoms with E-state index in [9.17, 15) is 9.18 Å². The largest absolute Gasteiger partial charge is 0.497 e. The fourth-order valence-electron chi connectivity index (χ4n) is 2.36. The molecule has 0 saturated carbocycles. The molecule has 134 valence electrons. The summed E-state index contributed by atoms with van der Waals surface area (Å²) in [4.78, 5) is 12.2. The molecule has 0 aliphatic rings. The first-order valence-electron chi connectivity index (χ1n) is 7.99. The molecule has 1 amide bonds. The Morgan fingerprint density at radius 1 is 1.08 bits per heavy atom. The van der Waals surface area contributed by atoms with Gasteiger partial charge in [0.1, 0.15) is 23.1 Å². The first-order chi connectivity index (χ1) is 12.0. The summed E-state index contributed by atoms with van der Waals surface area (Å²) in [6.07, 6.45) is 0.782. The summed E-state index contributed by atoms with van der Waals surface area (Å²) in [7, 11) is 3.16. The zero-order chi connectivity index (χ0) is 18.2. The van der Waals surface area contributed by atoms with Gasteiger partial charge in [0, 0.05) is 18.6 Å². The summed E-state index contributed by atoms with van der Waals surface area (Å²) < 4.78 is 29.1. The average Bonchev–Trinajstić information content (AvgIpc) is 2.62. The number of rotatable bonds is 8. The predicted molar refractivity (Wildman–Crippen MR) is 94.1 cm³/mol. The Hall–Kier alpha value is -2.76. The molecule has 1 N–H and O–H groups in total. The summed E-state index contributed by atoms with van der Waals surface area (Å²) >= 11 is 0. The molecule has 2 aromatic rings. The summed E-state index contributed by atoms with van der Waals surface area (Å²) in [6, 6.07) is 9.53. The monoisotopic (exact) mass is 347 g/mol. The highest BCUT2D eigenvalue weighted by Gasteiger charge is 2.10. The fourth-order valence-corrected chi connectivity index (χ4v) is 2.36. The van der Waals surface area contributed by atoms with E-state index in [0.717, 1.165) is 5.56 Å². The summed E-state index contributed by atoms with van der Waals surface area (Å²) in [5, 5.41) is 2.76. The van der Waals surface area contributed by atoms with Gasteiger partial charge in [-0.2, -0.15) is 0 Å². The van der Waals surface area contributed by atoms with Gasteiger partial charge in [-0.1, -0.05) is 0 Å². The molecule has 2 aromatic carbocycles. The Labute approximate surface area is 146 Å². The van der Waals surface area contributed by atoms with E-state index < -0.39 is 5.82 Å². The lowest BCUT2D eigenvalue weighted by molar-refractivity contribution is -0.116. The number of anilines is 1. The van der Waals surface area contributed by atoms with Gasteiger partial charge in [-0.15, -0.1) is 0 Å². The van der Waals surface area contributed by atoms with Crippen LogP contribution in [0.2, 0.25) is 0 Å². The van der Waals surface area contributed by atoms with Crippen LogP contribution in [0.15, 0.2) is 36.4 Å². The molecule has 0 aliphatic carbocycles. The van der Waals surface area contributed by atoms with E-state index in [2.05, 4.69) is 5.32 Å². The van der Waals surface area contributed by atoms with E-state index in [1.165, 1.54) is 18.2 Å². The van der Waals surface area contributed by atoms with Crippen molar-refractivity contribution in [2.75, 3.05) is 26.1 Å². The van der Waals surface area contributed by atoms with Crippen LogP contribution in [0.1, 0.15) is 18.9 Å². The third-order valence-corrected chi connectivity index (χ3v) is 3.57. The summed E-state index contributed by atoms with van der Waals surface area (Å²) in [5.41, 5.74) is 1.38. The quantitative estimate of drug-likeness (QED) is 0.789. The second-order valence-corrected chi connectivity index (χ2v) is 5.34. The van der Waals surface area contributed by atoms with Gasteiger partial charge in [-0.25, -0.2) is 4.39 Å². The lowest BCUT2D eigenvalue weighted by atomic mass is 10.1. The van der Waals surface area contributed by atoms with Crippen LogP contribution >= 0.6 is 0 Å². The number of amides is 1. The molecule has 0 spiro atoms. The van der Waals surface area contributed by atoms with Gasteiger partial charge in [-0.3, -0.25) is 4.79 Å². The summed E-state index contributed by atoms with van der Waals surface area (Å²) in [6.45, 7) is 2.18. The molecule has 0 unspecified atom stereocenters. The lowest BCUT2D eigenvalue weighted by Crippen LogP contribution is -2.13. The van der Waals surface area contributed by atoms with Gasteiger partial charge in [0.2, 0.25) is 5.91 Å². The van der Waals surface area contributed by atoms with E-state index in [0.29, 0.717) is 36.0 Å². The number of methoxy groups -OCH3 is 2. The van der Waals surface area contributed by atoms with Gasteiger partial charge in [0.05, 0.1) is 26.5 Å². The predicted octanol–water partition coefficient (Wildman–Crippen LogP) is 3.81. The lowest BCUT2D eigenvalue weighted by Gasteiger charge is -2.12. The van der Waals surface area contributed by atoms with Crippen molar-refractivity contribution in [3.63, 3.8) is 0 Å². The number of hydrogen-bond acceptors (Lipinski definition) is 4. The van der Waals surface area contributed by atoms with E-state index in [1.54, 1.807) is 27.2 Å². The van der Waals surface area contributed by atoms with Crippen molar-refractivity contribution in [1.82, 2.24) is 0 Å². The maximum atomic E-state index is 13.3. The number of aryl methyl sites for hydroxylation is 1. The van der Waals surface area contributed by atoms with Crippen LogP contribution in [0, 0.1) is 5.82 Å². The molecule has 0 atom stereocenters. The number of nitrogens with one attached hydrogen (secondary N) is 1. The van der Waals surface area contributed by atoms with Crippen LogP contribution in [0.3, 0.4) is 0 Å². The molecular weight excluding hydrogens is 325 g/mol. The normalized spacial score (nSPS) is 10.2. The van der Waals surface area contributed by atoms with Gasteiger partial charge >= 0.3 is 0 Å². The standard InChI is InChI=1S/C19H22FNO4/c1-4-25-18-11-14(20)6-7-17(18)21-19(22)8-5-13-9-15(23-2)12-16(10-13)24-3/h6-7,9-12H,4-5,8H2,1-3H3,(H,21,22). The third-order valence-electron chi connectivity index (χ3n) is 3.57. The van der Waals surface area contributed by atoms with E-state index in [4.69, 9.17) is 14.2 Å². The van der Waals surface area contributed by atoms with Crippen LogP contribution in [-0.4, -0.2) is 26.7 Å². The molecule has 0 saturated heterocycles. The number of benzene rings is 2. The van der Waals surface area contributed by atoms with Gasteiger partial charge in [0.15, 0.2) is 0 Å². The van der Waals surface area contributed by atoms with Gasteiger partial charge < -0.3 is 19.5 Å². The van der Waals surface area contributed by atoms with Crippen molar-refractivity contribution in [1.29, 1.82) is 0 Å². The van der Waals surface area contributed by atoms with E-state index in [1.807, 2.05) is 12.1 Å². The Bertz CT molecular complexity index is 711. The zero-order valence-electron chi connectivity index (χ0n) is 14.6. The molecule has 0 heterocycles. The smallest absolute Gasteiger partial charge is 0.224 e. The van der Waals surface area contributed by atoms with Crippen molar-refractivity contribution < 1.29 is 23.4 Å². The van der Waals surface area contributed by atoms with Crippen LogP contribution in [0.4, 0.5) is 10.1 Å². The van der Waals surface area contributed by atoms with Crippen molar-refractivity contribution in [2.45, 2.75) is 19.8 Å². The second kappa shape index (κ2) is 8.92. The number of hydrogen-bond donors (Lipinski definition) is 1. The first-order valence-corrected chi connectivity index (χ1v) is 7.99. The number of carbonyl (C=O) groups excluding carboxylic acids is 1. The number of carbonyl (C=O) groups is 1. The zero-order valence-corrected chi connectivity index (χ0v) is 14.6. The minimum Gasteiger partial charge on any atom is -0.497 e. The topological polar surface area (TPSA) is 56.8 Å². The Balaban J connectivity index is 2.02. The minimum atomic E-state index is -0.412. The molecule has 0 bridgehead atoms. The summed E-state index contributed by atoms with van der Waals surface area (Å²) in [5.74, 6) is 1.07. The molecule has 2 rings (SSSR count). The molecule has 6 heteroatoms. The highest BCUT2D eigenvalue weighted by molar-refractivity contribution is 5.92. The van der Waals surface area contributed by atoms with Crippen LogP contribution in [-0.2, 0) is 11.2 Å². The Morgan fingerprint density at radius 2 is 1.76 bits per heavy atom. The van der Waals surface area contributed by atoms with Gasteiger partial charge in [0.25, 0.3) is 0 Å². The van der Waals surface area contributed by atoms with Crippen LogP contribution in [0.5, 0.6) is 17.2 Å². The minimum absolute atomic E-state index is 0.186. The Morgan fingerprint density at radius 3 is 2.36 bits per heavy atom. The van der Waals surface area contributed by atoms with E-state index in [-0.39, 0.29) is 12.3 Å². The Kier molecular flexibility index (Phi) is 6.62. The van der Waals surface area contributed by atoms with Crippen molar-refractivity contribution in [2.24, 2.45) is 0 Å². The molecule has 0 aromatic heterocycles. The third kappa shape index (κ3) is 5.38. The maximum Gasteiger partial charge on any atom is 0.224 e. The second-order valence-electron chi connectivity index (χ2n) is 5.34. The van der Waals surface area contributed by atoms with Crippen molar-refractivity contribution in [3.05, 3.63) is 47.8 Å². The molecule has 0 fully saturated rings. The fraction of sp³-hybridized carbons (Fsp3) is 0.316. The average molecular weight is 347 g/mol. The maximum absolute atomic E-state index is 13.3. The first kappa shape index (κ1) is 18.6. The van der Waals surface area contributed by atoms with Gasteiger partial charge in [-0.05, 0) is 43.2 Å². The molecule has 0 aliphatic heterocycles. The number of halogens is 1. The van der Waals surface area contributed by atoms with E-state index >= 15 is 0 Å². The van der Waals surface area contributed by atoms with Crippen molar-refractivity contribution in [3.8, 4) is 17.2 Å². The van der Waals surface area contributed by atoms with Crippen molar-refractivity contribution >= 4 is 11.6 Å². The molecule has 0 radical (unpaired) electrons. The molecule has 5 nitrogen and oxygen atoms in total. The molecule has 25 heavy (non-hydrogen) atoms. The SMILES string of the molecule is CCOc1cc(F)ccc1NC(=O)CCc1cc(OC)cc(OC)c1. The molecular formula is C19H22FNO4. The van der Waals surface area contributed by atoms with Crippen LogP contribution in [0.25, 0.3) is 0 Å². The highest BCUT2D eigenvalue weighted by atomic mass is 19.1. The highest BCUT2D eigenvalue weighted by Crippen LogP contribution is 2.26. The van der Waals surface area contributed by atoms with Crippen LogP contribution < -0.4 is 19.5 Å². The number of ether oxygens (including phenoxy) is 3.